The maximum Gasteiger partial charge on any atom is 0.358 e. The van der Waals surface area contributed by atoms with Crippen LogP contribution in [0.25, 0.3) is 10.6 Å². The van der Waals surface area contributed by atoms with Crippen LogP contribution in [-0.4, -0.2) is 25.2 Å². The van der Waals surface area contributed by atoms with Gasteiger partial charge in [-0.05, 0) is 25.1 Å². The van der Waals surface area contributed by atoms with Gasteiger partial charge >= 0.3 is 5.97 Å². The third kappa shape index (κ3) is 4.03. The lowest BCUT2D eigenvalue weighted by Crippen LogP contribution is -2.06. The molecule has 0 unspecified atom stereocenters. The molecule has 0 amide bonds. The minimum absolute atomic E-state index is 0.0800. The zero-order chi connectivity index (χ0) is 18.5. The van der Waals surface area contributed by atoms with Gasteiger partial charge in [-0.25, -0.2) is 9.78 Å². The number of esters is 1. The van der Waals surface area contributed by atoms with Gasteiger partial charge in [0.1, 0.15) is 23.1 Å². The van der Waals surface area contributed by atoms with Gasteiger partial charge < -0.3 is 14.2 Å². The van der Waals surface area contributed by atoms with Crippen LogP contribution >= 0.6 is 11.3 Å². The minimum Gasteiger partial charge on any atom is -0.497 e. The topological polar surface area (TPSA) is 57.7 Å². The van der Waals surface area contributed by atoms with Crippen molar-refractivity contribution in [2.45, 2.75) is 13.5 Å². The molecule has 0 aliphatic heterocycles. The van der Waals surface area contributed by atoms with Gasteiger partial charge in [-0.2, -0.15) is 0 Å². The first-order valence-electron chi connectivity index (χ1n) is 8.01. The zero-order valence-corrected chi connectivity index (χ0v) is 15.6. The molecule has 1 aromatic heterocycles. The van der Waals surface area contributed by atoms with Gasteiger partial charge in [-0.15, -0.1) is 11.3 Å². The maximum absolute atomic E-state index is 12.3. The Kier molecular flexibility index (Phi) is 5.53. The first-order chi connectivity index (χ1) is 12.6. The number of nitrogens with zero attached hydrogens (tertiary/aromatic N) is 1. The largest absolute Gasteiger partial charge is 0.497 e. The van der Waals surface area contributed by atoms with E-state index in [1.54, 1.807) is 37.8 Å². The van der Waals surface area contributed by atoms with E-state index in [1.807, 2.05) is 31.2 Å². The van der Waals surface area contributed by atoms with E-state index < -0.39 is 5.97 Å². The Morgan fingerprint density at radius 3 is 2.54 bits per heavy atom. The molecule has 26 heavy (non-hydrogen) atoms. The van der Waals surface area contributed by atoms with Crippen LogP contribution in [0.3, 0.4) is 0 Å². The lowest BCUT2D eigenvalue weighted by molar-refractivity contribution is 0.0464. The average Bonchev–Trinajstić information content (AvgIpc) is 3.16. The lowest BCUT2D eigenvalue weighted by atomic mass is 10.2. The first kappa shape index (κ1) is 17.9. The summed E-state index contributed by atoms with van der Waals surface area (Å²) in [5, 5.41) is 2.50. The normalized spacial score (nSPS) is 10.4. The summed E-state index contributed by atoms with van der Waals surface area (Å²) in [5.74, 6) is 0.842. The SMILES string of the molecule is COc1ccc(OC)c(COC(=O)c2csc(-c3ccc(C)cc3)n2)c1. The van der Waals surface area contributed by atoms with Crippen molar-refractivity contribution in [1.82, 2.24) is 4.98 Å². The van der Waals surface area contributed by atoms with Crippen LogP contribution in [0, 0.1) is 6.92 Å². The predicted molar refractivity (Wildman–Crippen MR) is 101 cm³/mol. The summed E-state index contributed by atoms with van der Waals surface area (Å²) in [6.45, 7) is 2.11. The van der Waals surface area contributed by atoms with Crippen molar-refractivity contribution in [2.24, 2.45) is 0 Å². The molecule has 0 fully saturated rings. The number of carbonyl (C=O) groups is 1. The second-order valence-electron chi connectivity index (χ2n) is 5.66. The van der Waals surface area contributed by atoms with E-state index in [9.17, 15) is 4.79 Å². The summed E-state index contributed by atoms with van der Waals surface area (Å²) in [6.07, 6.45) is 0. The molecular weight excluding hydrogens is 350 g/mol. The molecule has 0 atom stereocenters. The Bertz CT molecular complexity index is 902. The van der Waals surface area contributed by atoms with Gasteiger partial charge in [-0.1, -0.05) is 29.8 Å². The molecule has 6 heteroatoms. The number of benzene rings is 2. The van der Waals surface area contributed by atoms with Gasteiger partial charge in [0.25, 0.3) is 0 Å². The van der Waals surface area contributed by atoms with Gasteiger partial charge in [0.05, 0.1) is 14.2 Å². The van der Waals surface area contributed by atoms with E-state index in [-0.39, 0.29) is 6.61 Å². The standard InChI is InChI=1S/C20H19NO4S/c1-13-4-6-14(7-5-13)19-21-17(12-26-19)20(22)25-11-15-10-16(23-2)8-9-18(15)24-3/h4-10,12H,11H2,1-3H3. The monoisotopic (exact) mass is 369 g/mol. The summed E-state index contributed by atoms with van der Waals surface area (Å²) < 4.78 is 15.9. The molecule has 5 nitrogen and oxygen atoms in total. The predicted octanol–water partition coefficient (Wildman–Crippen LogP) is 4.49. The highest BCUT2D eigenvalue weighted by molar-refractivity contribution is 7.13. The molecule has 0 saturated carbocycles. The molecule has 2 aromatic carbocycles. The van der Waals surface area contributed by atoms with E-state index in [0.717, 1.165) is 16.1 Å². The molecule has 0 spiro atoms. The van der Waals surface area contributed by atoms with E-state index in [2.05, 4.69) is 4.98 Å². The summed E-state index contributed by atoms with van der Waals surface area (Å²) in [6, 6.07) is 13.4. The highest BCUT2D eigenvalue weighted by atomic mass is 32.1. The number of thiazole rings is 1. The van der Waals surface area contributed by atoms with Crippen LogP contribution in [0.5, 0.6) is 11.5 Å². The van der Waals surface area contributed by atoms with Crippen LogP contribution in [0.1, 0.15) is 21.6 Å². The van der Waals surface area contributed by atoms with Crippen molar-refractivity contribution in [1.29, 1.82) is 0 Å². The summed E-state index contributed by atoms with van der Waals surface area (Å²) >= 11 is 1.42. The Balaban J connectivity index is 1.70. The smallest absolute Gasteiger partial charge is 0.358 e. The van der Waals surface area contributed by atoms with Crippen molar-refractivity contribution >= 4 is 17.3 Å². The molecule has 1 heterocycles. The molecule has 0 aliphatic rings. The molecular formula is C20H19NO4S. The van der Waals surface area contributed by atoms with Crippen LogP contribution in [0.4, 0.5) is 0 Å². The Labute approximate surface area is 156 Å². The number of carbonyl (C=O) groups excluding carboxylic acids is 1. The van der Waals surface area contributed by atoms with Gasteiger partial charge in [0, 0.05) is 16.5 Å². The van der Waals surface area contributed by atoms with Crippen LogP contribution in [0.2, 0.25) is 0 Å². The Hall–Kier alpha value is -2.86. The summed E-state index contributed by atoms with van der Waals surface area (Å²) in [4.78, 5) is 16.7. The molecule has 0 saturated heterocycles. The second-order valence-corrected chi connectivity index (χ2v) is 6.52. The Morgan fingerprint density at radius 1 is 1.08 bits per heavy atom. The van der Waals surface area contributed by atoms with Crippen molar-refractivity contribution in [3.63, 3.8) is 0 Å². The van der Waals surface area contributed by atoms with Crippen molar-refractivity contribution < 1.29 is 19.0 Å². The number of hydrogen-bond acceptors (Lipinski definition) is 6. The van der Waals surface area contributed by atoms with Gasteiger partial charge in [-0.3, -0.25) is 0 Å². The average molecular weight is 369 g/mol. The highest BCUT2D eigenvalue weighted by Gasteiger charge is 2.15. The van der Waals surface area contributed by atoms with Crippen LogP contribution < -0.4 is 9.47 Å². The molecule has 0 aliphatic carbocycles. The number of aromatic nitrogens is 1. The van der Waals surface area contributed by atoms with Crippen LogP contribution in [0.15, 0.2) is 47.8 Å². The molecule has 134 valence electrons. The van der Waals surface area contributed by atoms with E-state index >= 15 is 0 Å². The number of aryl methyl sites for hydroxylation is 1. The fourth-order valence-corrected chi connectivity index (χ4v) is 3.20. The molecule has 3 aromatic rings. The van der Waals surface area contributed by atoms with Gasteiger partial charge in [0.15, 0.2) is 5.69 Å². The van der Waals surface area contributed by atoms with Crippen molar-refractivity contribution in [3.8, 4) is 22.1 Å². The summed E-state index contributed by atoms with van der Waals surface area (Å²) in [7, 11) is 3.15. The van der Waals surface area contributed by atoms with E-state index in [0.29, 0.717) is 17.2 Å². The fourth-order valence-electron chi connectivity index (χ4n) is 2.41. The van der Waals surface area contributed by atoms with Crippen LogP contribution in [-0.2, 0) is 11.3 Å². The second kappa shape index (κ2) is 8.01. The van der Waals surface area contributed by atoms with Crippen molar-refractivity contribution in [3.05, 3.63) is 64.7 Å². The molecule has 0 bridgehead atoms. The molecule has 0 N–H and O–H groups in total. The Morgan fingerprint density at radius 2 is 1.85 bits per heavy atom. The number of ether oxygens (including phenoxy) is 3. The molecule has 3 rings (SSSR count). The van der Waals surface area contributed by atoms with Gasteiger partial charge in [0.2, 0.25) is 0 Å². The quantitative estimate of drug-likeness (QED) is 0.599. The highest BCUT2D eigenvalue weighted by Crippen LogP contribution is 2.26. The summed E-state index contributed by atoms with van der Waals surface area (Å²) in [5.41, 5.74) is 3.19. The third-order valence-electron chi connectivity index (χ3n) is 3.86. The third-order valence-corrected chi connectivity index (χ3v) is 4.75. The van der Waals surface area contributed by atoms with Crippen molar-refractivity contribution in [2.75, 3.05) is 14.2 Å². The molecule has 0 radical (unpaired) electrons. The maximum atomic E-state index is 12.3. The number of methoxy groups -OCH3 is 2. The lowest BCUT2D eigenvalue weighted by Gasteiger charge is -2.10. The zero-order valence-electron chi connectivity index (χ0n) is 14.8. The number of hydrogen-bond donors (Lipinski definition) is 0. The van der Waals surface area contributed by atoms with E-state index in [4.69, 9.17) is 14.2 Å². The first-order valence-corrected chi connectivity index (χ1v) is 8.89. The van der Waals surface area contributed by atoms with E-state index in [1.165, 1.54) is 16.9 Å². The minimum atomic E-state index is -0.468. The fraction of sp³-hybridized carbons (Fsp3) is 0.200. The number of rotatable bonds is 6.